The molecule has 2 aliphatic heterocycles. The summed E-state index contributed by atoms with van der Waals surface area (Å²) >= 11 is 0. The van der Waals surface area contributed by atoms with E-state index in [9.17, 15) is 5.11 Å². The third-order valence-corrected chi connectivity index (χ3v) is 4.04. The molecule has 0 bridgehead atoms. The minimum Gasteiger partial charge on any atom is -0.389 e. The van der Waals surface area contributed by atoms with Gasteiger partial charge in [0.05, 0.1) is 25.4 Å². The third-order valence-electron chi connectivity index (χ3n) is 4.04. The van der Waals surface area contributed by atoms with Crippen molar-refractivity contribution >= 4 is 0 Å². The van der Waals surface area contributed by atoms with E-state index in [1.165, 1.54) is 25.9 Å². The van der Waals surface area contributed by atoms with Gasteiger partial charge in [0.2, 0.25) is 0 Å². The quantitative estimate of drug-likeness (QED) is 0.717. The lowest BCUT2D eigenvalue weighted by molar-refractivity contribution is 0.110. The molecule has 4 heteroatoms. The summed E-state index contributed by atoms with van der Waals surface area (Å²) in [5, 5.41) is 13.1. The van der Waals surface area contributed by atoms with E-state index < -0.39 is 0 Å². The standard InChI is InChI=1S/C12H24N2O2/c1-12(3-5-14(2)6-4-12)9-13-10-7-16-8-11(10)15/h10-11,13,15H,3-9H2,1-2H3. The van der Waals surface area contributed by atoms with E-state index in [0.29, 0.717) is 18.6 Å². The molecule has 2 N–H and O–H groups in total. The summed E-state index contributed by atoms with van der Waals surface area (Å²) in [6.07, 6.45) is 2.15. The number of hydrogen-bond acceptors (Lipinski definition) is 4. The number of nitrogens with zero attached hydrogens (tertiary/aromatic N) is 1. The van der Waals surface area contributed by atoms with E-state index in [1.807, 2.05) is 0 Å². The second-order valence-electron chi connectivity index (χ2n) is 5.71. The predicted molar refractivity (Wildman–Crippen MR) is 63.5 cm³/mol. The van der Waals surface area contributed by atoms with Crippen molar-refractivity contribution in [3.8, 4) is 0 Å². The molecule has 94 valence electrons. The minimum absolute atomic E-state index is 0.136. The first-order valence-electron chi connectivity index (χ1n) is 6.27. The molecule has 0 spiro atoms. The van der Waals surface area contributed by atoms with Gasteiger partial charge in [0.1, 0.15) is 0 Å². The van der Waals surface area contributed by atoms with E-state index in [1.54, 1.807) is 0 Å². The highest BCUT2D eigenvalue weighted by Gasteiger charge is 2.32. The van der Waals surface area contributed by atoms with Gasteiger partial charge in [-0.05, 0) is 38.4 Å². The molecule has 2 rings (SSSR count). The third kappa shape index (κ3) is 2.94. The molecule has 0 aromatic rings. The average molecular weight is 228 g/mol. The second-order valence-corrected chi connectivity index (χ2v) is 5.71. The number of rotatable bonds is 3. The fraction of sp³-hybridized carbons (Fsp3) is 1.00. The molecule has 16 heavy (non-hydrogen) atoms. The van der Waals surface area contributed by atoms with Gasteiger partial charge in [-0.15, -0.1) is 0 Å². The zero-order valence-electron chi connectivity index (χ0n) is 10.4. The summed E-state index contributed by atoms with van der Waals surface area (Å²) in [7, 11) is 2.18. The second kappa shape index (κ2) is 5.00. The summed E-state index contributed by atoms with van der Waals surface area (Å²) in [4.78, 5) is 2.38. The fourth-order valence-corrected chi connectivity index (χ4v) is 2.45. The van der Waals surface area contributed by atoms with Crippen LogP contribution in [0.2, 0.25) is 0 Å². The maximum absolute atomic E-state index is 9.65. The number of nitrogens with one attached hydrogen (secondary N) is 1. The molecule has 0 aromatic carbocycles. The Bertz CT molecular complexity index is 227. The molecule has 2 fully saturated rings. The van der Waals surface area contributed by atoms with Crippen LogP contribution in [0.1, 0.15) is 19.8 Å². The molecule has 0 radical (unpaired) electrons. The van der Waals surface area contributed by atoms with Crippen LogP contribution in [0.3, 0.4) is 0 Å². The molecule has 4 nitrogen and oxygen atoms in total. The molecule has 2 heterocycles. The van der Waals surface area contributed by atoms with Gasteiger partial charge < -0.3 is 20.1 Å². The highest BCUT2D eigenvalue weighted by Crippen LogP contribution is 2.29. The molecule has 0 saturated carbocycles. The maximum Gasteiger partial charge on any atom is 0.0948 e. The SMILES string of the molecule is CN1CCC(C)(CNC2COCC2O)CC1. The molecule has 2 unspecified atom stereocenters. The Labute approximate surface area is 98.0 Å². The molecule has 0 aliphatic carbocycles. The molecule has 0 aromatic heterocycles. The van der Waals surface area contributed by atoms with Crippen LogP contribution in [-0.4, -0.2) is 62.0 Å². The number of aliphatic hydroxyl groups excluding tert-OH is 1. The molecule has 2 aliphatic rings. The monoisotopic (exact) mass is 228 g/mol. The van der Waals surface area contributed by atoms with E-state index in [2.05, 4.69) is 24.2 Å². The summed E-state index contributed by atoms with van der Waals surface area (Å²) in [5.41, 5.74) is 0.384. The molecule has 2 saturated heterocycles. The van der Waals surface area contributed by atoms with Crippen molar-refractivity contribution in [3.05, 3.63) is 0 Å². The first-order chi connectivity index (χ1) is 7.59. The van der Waals surface area contributed by atoms with Crippen molar-refractivity contribution in [3.63, 3.8) is 0 Å². The van der Waals surface area contributed by atoms with Crippen LogP contribution < -0.4 is 5.32 Å². The first kappa shape index (κ1) is 12.3. The highest BCUT2D eigenvalue weighted by molar-refractivity contribution is 4.87. The molecule has 2 atom stereocenters. The van der Waals surface area contributed by atoms with E-state index in [0.717, 1.165) is 6.54 Å². The molecule has 0 amide bonds. The average Bonchev–Trinajstić information content (AvgIpc) is 2.67. The summed E-state index contributed by atoms with van der Waals surface area (Å²) in [6, 6.07) is 0.136. The summed E-state index contributed by atoms with van der Waals surface area (Å²) in [6.45, 7) is 6.83. The van der Waals surface area contributed by atoms with Crippen molar-refractivity contribution in [1.82, 2.24) is 10.2 Å². The van der Waals surface area contributed by atoms with E-state index in [4.69, 9.17) is 4.74 Å². The Morgan fingerprint density at radius 3 is 2.62 bits per heavy atom. The number of likely N-dealkylation sites (tertiary alicyclic amines) is 1. The predicted octanol–water partition coefficient (Wildman–Crippen LogP) is 0.0676. The largest absolute Gasteiger partial charge is 0.389 e. The minimum atomic E-state index is -0.324. The zero-order chi connectivity index (χ0) is 11.6. The summed E-state index contributed by atoms with van der Waals surface area (Å²) in [5.74, 6) is 0. The first-order valence-corrected chi connectivity index (χ1v) is 6.27. The van der Waals surface area contributed by atoms with Gasteiger partial charge >= 0.3 is 0 Å². The number of hydrogen-bond donors (Lipinski definition) is 2. The van der Waals surface area contributed by atoms with Gasteiger partial charge in [0, 0.05) is 6.54 Å². The van der Waals surface area contributed by atoms with Crippen molar-refractivity contribution in [2.75, 3.05) is 39.9 Å². The lowest BCUT2D eigenvalue weighted by Gasteiger charge is -2.38. The van der Waals surface area contributed by atoms with Crippen molar-refractivity contribution in [2.45, 2.75) is 31.9 Å². The highest BCUT2D eigenvalue weighted by atomic mass is 16.5. The van der Waals surface area contributed by atoms with Crippen LogP contribution in [0.5, 0.6) is 0 Å². The van der Waals surface area contributed by atoms with Crippen LogP contribution in [0.15, 0.2) is 0 Å². The van der Waals surface area contributed by atoms with E-state index >= 15 is 0 Å². The van der Waals surface area contributed by atoms with Gasteiger partial charge in [-0.25, -0.2) is 0 Å². The van der Waals surface area contributed by atoms with Gasteiger partial charge in [0.15, 0.2) is 0 Å². The number of ether oxygens (including phenoxy) is 1. The van der Waals surface area contributed by atoms with Gasteiger partial charge in [-0.3, -0.25) is 0 Å². The zero-order valence-corrected chi connectivity index (χ0v) is 10.4. The number of piperidine rings is 1. The Balaban J connectivity index is 1.76. The van der Waals surface area contributed by atoms with Crippen LogP contribution in [0, 0.1) is 5.41 Å². The lowest BCUT2D eigenvalue weighted by Crippen LogP contribution is -2.47. The molecular formula is C12H24N2O2. The molecular weight excluding hydrogens is 204 g/mol. The summed E-state index contributed by atoms with van der Waals surface area (Å²) < 4.78 is 5.24. The van der Waals surface area contributed by atoms with E-state index in [-0.39, 0.29) is 12.1 Å². The normalized spacial score (nSPS) is 35.4. The van der Waals surface area contributed by atoms with Crippen LogP contribution in [-0.2, 0) is 4.74 Å². The van der Waals surface area contributed by atoms with Gasteiger partial charge in [0.25, 0.3) is 0 Å². The maximum atomic E-state index is 9.65. The van der Waals surface area contributed by atoms with Gasteiger partial charge in [-0.1, -0.05) is 6.92 Å². The van der Waals surface area contributed by atoms with Gasteiger partial charge in [-0.2, -0.15) is 0 Å². The topological polar surface area (TPSA) is 44.7 Å². The van der Waals surface area contributed by atoms with Crippen LogP contribution in [0.25, 0.3) is 0 Å². The Kier molecular flexibility index (Phi) is 3.85. The smallest absolute Gasteiger partial charge is 0.0948 e. The Hall–Kier alpha value is -0.160. The van der Waals surface area contributed by atoms with Crippen molar-refractivity contribution in [1.29, 1.82) is 0 Å². The Morgan fingerprint density at radius 1 is 1.38 bits per heavy atom. The van der Waals surface area contributed by atoms with Crippen LogP contribution >= 0.6 is 0 Å². The lowest BCUT2D eigenvalue weighted by atomic mass is 9.80. The van der Waals surface area contributed by atoms with Crippen LogP contribution in [0.4, 0.5) is 0 Å². The fourth-order valence-electron chi connectivity index (χ4n) is 2.45. The van der Waals surface area contributed by atoms with Crippen molar-refractivity contribution < 1.29 is 9.84 Å². The number of aliphatic hydroxyl groups is 1. The Morgan fingerprint density at radius 2 is 2.06 bits per heavy atom. The van der Waals surface area contributed by atoms with Crippen molar-refractivity contribution in [2.24, 2.45) is 5.41 Å².